The molecule has 2 aromatic rings. The molecule has 1 heterocycles. The second-order valence-electron chi connectivity index (χ2n) is 5.56. The third kappa shape index (κ3) is 4.58. The molecule has 1 unspecified atom stereocenters. The molecule has 1 fully saturated rings. The molecule has 1 saturated heterocycles. The van der Waals surface area contributed by atoms with Crippen LogP contribution in [0.5, 0.6) is 5.75 Å². The van der Waals surface area contributed by atoms with Crippen LogP contribution in [0.2, 0.25) is 0 Å². The molecule has 0 spiro atoms. The van der Waals surface area contributed by atoms with Crippen molar-refractivity contribution >= 4 is 23.5 Å². The summed E-state index contributed by atoms with van der Waals surface area (Å²) in [5, 5.41) is 11.5. The number of Topliss-reactive ketones (excluding diaryl/α,β-unsaturated/α-hetero) is 1. The fraction of sp³-hybridized carbons (Fsp3) is 0.222. The van der Waals surface area contributed by atoms with Crippen molar-refractivity contribution in [3.63, 3.8) is 0 Å². The highest BCUT2D eigenvalue weighted by atomic mass is 32.2. The van der Waals surface area contributed by atoms with Gasteiger partial charge in [-0.25, -0.2) is 4.39 Å². The number of ketones is 1. The second kappa shape index (κ2) is 7.67. The zero-order valence-electron chi connectivity index (χ0n) is 13.1. The van der Waals surface area contributed by atoms with E-state index in [0.717, 1.165) is 5.56 Å². The van der Waals surface area contributed by atoms with E-state index >= 15 is 0 Å². The Morgan fingerprint density at radius 1 is 1.24 bits per heavy atom. The van der Waals surface area contributed by atoms with Gasteiger partial charge in [0.1, 0.15) is 11.6 Å². The first-order valence-corrected chi connectivity index (χ1v) is 8.60. The Kier molecular flexibility index (Phi) is 5.35. The predicted molar refractivity (Wildman–Crippen MR) is 91.9 cm³/mol. The second-order valence-corrected chi connectivity index (χ2v) is 6.84. The maximum atomic E-state index is 13.1. The number of carbonyl (C=O) groups excluding carboxylic acids is 2. The fourth-order valence-corrected chi connectivity index (χ4v) is 3.41. The van der Waals surface area contributed by atoms with Gasteiger partial charge in [0.25, 0.3) is 0 Å². The van der Waals surface area contributed by atoms with Crippen LogP contribution in [0, 0.1) is 5.82 Å². The Bertz CT molecular complexity index is 781. The number of ether oxygens (including phenoxy) is 1. The molecule has 0 aromatic heterocycles. The first-order valence-electron chi connectivity index (χ1n) is 7.66. The van der Waals surface area contributed by atoms with Gasteiger partial charge in [0, 0.05) is 5.56 Å². The molecule has 1 aliphatic rings. The first-order chi connectivity index (χ1) is 12.0. The van der Waals surface area contributed by atoms with E-state index < -0.39 is 11.4 Å². The lowest BCUT2D eigenvalue weighted by molar-refractivity contribution is -0.121. The zero-order valence-corrected chi connectivity index (χ0v) is 14.0. The number of hydrogen-bond donors (Lipinski definition) is 2. The highest BCUT2D eigenvalue weighted by molar-refractivity contribution is 8.01. The van der Waals surface area contributed by atoms with Gasteiger partial charge in [-0.1, -0.05) is 36.0 Å². The molecular formula is C18H16FNO4S. The van der Waals surface area contributed by atoms with Crippen molar-refractivity contribution in [2.24, 2.45) is 0 Å². The van der Waals surface area contributed by atoms with Crippen molar-refractivity contribution in [2.75, 3.05) is 6.61 Å². The van der Waals surface area contributed by atoms with Gasteiger partial charge in [0.05, 0.1) is 5.25 Å². The van der Waals surface area contributed by atoms with Gasteiger partial charge in [-0.3, -0.25) is 9.59 Å². The normalized spacial score (nSPS) is 19.5. The van der Waals surface area contributed by atoms with E-state index in [2.05, 4.69) is 5.32 Å². The number of aliphatic hydroxyl groups is 1. The van der Waals surface area contributed by atoms with E-state index in [1.54, 1.807) is 24.3 Å². The van der Waals surface area contributed by atoms with Crippen molar-refractivity contribution in [2.45, 2.75) is 17.2 Å². The largest absolute Gasteiger partial charge is 0.485 e. The van der Waals surface area contributed by atoms with Gasteiger partial charge in [-0.05, 0) is 36.2 Å². The van der Waals surface area contributed by atoms with E-state index in [0.29, 0.717) is 12.2 Å². The highest BCUT2D eigenvalue weighted by Crippen LogP contribution is 2.25. The van der Waals surface area contributed by atoms with E-state index in [9.17, 15) is 19.1 Å². The number of benzene rings is 2. The van der Waals surface area contributed by atoms with E-state index in [1.165, 1.54) is 36.0 Å². The summed E-state index contributed by atoms with van der Waals surface area (Å²) < 4.78 is 18.5. The summed E-state index contributed by atoms with van der Waals surface area (Å²) in [5.41, 5.74) is 0.332. The molecule has 1 amide bonds. The highest BCUT2D eigenvalue weighted by Gasteiger charge is 2.31. The lowest BCUT2D eigenvalue weighted by atomic mass is 10.1. The Morgan fingerprint density at radius 3 is 2.64 bits per heavy atom. The average molecular weight is 361 g/mol. The summed E-state index contributed by atoms with van der Waals surface area (Å²) in [4.78, 5) is 23.6. The Labute approximate surface area is 148 Å². The number of nitrogens with one attached hydrogen (secondary N) is 1. The molecule has 0 radical (unpaired) electrons. The number of halogens is 1. The standard InChI is InChI=1S/C18H16FNO4S/c19-13-3-1-2-12(9-13)15(21)10-24-14-6-4-11(5-7-14)8-16-17(22)20-18(23)25-16/h1-7,9,16,18,23H,8,10H2,(H,20,22)/t16-,18?/m0/s1. The molecule has 2 atom stereocenters. The zero-order chi connectivity index (χ0) is 17.8. The monoisotopic (exact) mass is 361 g/mol. The summed E-state index contributed by atoms with van der Waals surface area (Å²) >= 11 is 1.17. The maximum absolute atomic E-state index is 13.1. The third-order valence-corrected chi connectivity index (χ3v) is 4.80. The molecule has 5 nitrogen and oxygen atoms in total. The molecule has 1 aliphatic heterocycles. The minimum Gasteiger partial charge on any atom is -0.485 e. The molecule has 3 rings (SSSR count). The summed E-state index contributed by atoms with van der Waals surface area (Å²) in [5.74, 6) is -0.443. The minimum absolute atomic E-state index is 0.182. The smallest absolute Gasteiger partial charge is 0.236 e. The molecule has 25 heavy (non-hydrogen) atoms. The number of rotatable bonds is 6. The van der Waals surface area contributed by atoms with Gasteiger partial charge < -0.3 is 15.2 Å². The van der Waals surface area contributed by atoms with Crippen LogP contribution in [0.25, 0.3) is 0 Å². The van der Waals surface area contributed by atoms with Crippen molar-refractivity contribution in [1.29, 1.82) is 0 Å². The third-order valence-electron chi connectivity index (χ3n) is 3.71. The van der Waals surface area contributed by atoms with Crippen molar-refractivity contribution in [1.82, 2.24) is 5.32 Å². The molecule has 7 heteroatoms. The van der Waals surface area contributed by atoms with Crippen LogP contribution >= 0.6 is 11.8 Å². The average Bonchev–Trinajstić information content (AvgIpc) is 2.91. The quantitative estimate of drug-likeness (QED) is 0.771. The summed E-state index contributed by atoms with van der Waals surface area (Å²) in [7, 11) is 0. The number of thioether (sulfide) groups is 1. The molecule has 0 bridgehead atoms. The van der Waals surface area contributed by atoms with Gasteiger partial charge in [-0.2, -0.15) is 0 Å². The van der Waals surface area contributed by atoms with Crippen molar-refractivity contribution < 1.29 is 23.8 Å². The predicted octanol–water partition coefficient (Wildman–Crippen LogP) is 2.14. The van der Waals surface area contributed by atoms with Crippen molar-refractivity contribution in [3.05, 3.63) is 65.5 Å². The minimum atomic E-state index is -0.853. The number of amides is 1. The van der Waals surface area contributed by atoms with Gasteiger partial charge >= 0.3 is 0 Å². The molecule has 130 valence electrons. The van der Waals surface area contributed by atoms with E-state index in [1.807, 2.05) is 0 Å². The lowest BCUT2D eigenvalue weighted by Gasteiger charge is -2.09. The Morgan fingerprint density at radius 2 is 2.00 bits per heavy atom. The molecule has 0 saturated carbocycles. The SMILES string of the molecule is O=C(COc1ccc(C[C@@H]2SC(O)NC2=O)cc1)c1cccc(F)c1. The van der Waals surface area contributed by atoms with Crippen LogP contribution < -0.4 is 10.1 Å². The Hall–Kier alpha value is -2.38. The summed E-state index contributed by atoms with van der Waals surface area (Å²) in [6.07, 6.45) is 0.496. The van der Waals surface area contributed by atoms with Crippen LogP contribution in [-0.2, 0) is 11.2 Å². The maximum Gasteiger partial charge on any atom is 0.236 e. The van der Waals surface area contributed by atoms with Crippen LogP contribution in [0.15, 0.2) is 48.5 Å². The topological polar surface area (TPSA) is 75.6 Å². The molecular weight excluding hydrogens is 345 g/mol. The summed E-state index contributed by atoms with van der Waals surface area (Å²) in [6.45, 7) is -0.185. The van der Waals surface area contributed by atoms with Crippen LogP contribution in [0.3, 0.4) is 0 Å². The molecule has 0 aliphatic carbocycles. The van der Waals surface area contributed by atoms with E-state index in [4.69, 9.17) is 4.74 Å². The lowest BCUT2D eigenvalue weighted by Crippen LogP contribution is -2.27. The number of aliphatic hydroxyl groups excluding tert-OH is 1. The summed E-state index contributed by atoms with van der Waals surface area (Å²) in [6, 6.07) is 12.5. The van der Waals surface area contributed by atoms with Crippen molar-refractivity contribution in [3.8, 4) is 5.75 Å². The van der Waals surface area contributed by atoms with Gasteiger partial charge in [0.2, 0.25) is 5.91 Å². The van der Waals surface area contributed by atoms with E-state index in [-0.39, 0.29) is 29.1 Å². The Balaban J connectivity index is 1.54. The fourth-order valence-electron chi connectivity index (χ4n) is 2.44. The molecule has 2 aromatic carbocycles. The van der Waals surface area contributed by atoms with Crippen LogP contribution in [0.1, 0.15) is 15.9 Å². The number of hydrogen-bond acceptors (Lipinski definition) is 5. The number of carbonyl (C=O) groups is 2. The first kappa shape index (κ1) is 17.4. The van der Waals surface area contributed by atoms with Gasteiger partial charge in [0.15, 0.2) is 18.0 Å². The molecule has 2 N–H and O–H groups in total. The van der Waals surface area contributed by atoms with Crippen LogP contribution in [0.4, 0.5) is 4.39 Å². The van der Waals surface area contributed by atoms with Crippen LogP contribution in [-0.4, -0.2) is 34.2 Å². The van der Waals surface area contributed by atoms with Gasteiger partial charge in [-0.15, -0.1) is 0 Å².